The molecule has 1 heterocycles. The number of Topliss-reactive ketones (excluding diaryl/α,β-unsaturated/α-hetero) is 1. The van der Waals surface area contributed by atoms with Crippen LogP contribution >= 0.6 is 11.3 Å². The van der Waals surface area contributed by atoms with Crippen LogP contribution in [0.3, 0.4) is 0 Å². The first-order valence-electron chi connectivity index (χ1n) is 12.5. The molecule has 0 fully saturated rings. The van der Waals surface area contributed by atoms with E-state index in [1.165, 1.54) is 11.3 Å². The Morgan fingerprint density at radius 3 is 2.27 bits per heavy atom. The fourth-order valence-electron chi connectivity index (χ4n) is 4.13. The Morgan fingerprint density at radius 2 is 1.68 bits per heavy atom. The van der Waals surface area contributed by atoms with Crippen LogP contribution in [0.15, 0.2) is 66.7 Å². The Bertz CT molecular complexity index is 1360. The van der Waals surface area contributed by atoms with Gasteiger partial charge in [-0.2, -0.15) is 0 Å². The summed E-state index contributed by atoms with van der Waals surface area (Å²) in [6.45, 7) is 0.321. The fraction of sp³-hybridized carbons (Fsp3) is 0.276. The summed E-state index contributed by atoms with van der Waals surface area (Å²) < 4.78 is 5.42. The van der Waals surface area contributed by atoms with E-state index < -0.39 is 29.9 Å². The van der Waals surface area contributed by atoms with Crippen LogP contribution in [0.5, 0.6) is 5.75 Å². The summed E-state index contributed by atoms with van der Waals surface area (Å²) in [5, 5.41) is 26.0. The number of nitrogens with two attached hydrogens (primary N) is 1. The van der Waals surface area contributed by atoms with E-state index in [1.54, 1.807) is 43.4 Å². The van der Waals surface area contributed by atoms with Gasteiger partial charge in [0, 0.05) is 29.8 Å². The fourth-order valence-corrected chi connectivity index (χ4v) is 5.08. The lowest BCUT2D eigenvalue weighted by Crippen LogP contribution is -2.41. The summed E-state index contributed by atoms with van der Waals surface area (Å²) >= 11 is 1.22. The molecule has 40 heavy (non-hydrogen) atoms. The van der Waals surface area contributed by atoms with Gasteiger partial charge < -0.3 is 20.7 Å². The molecule has 0 aliphatic carbocycles. The highest BCUT2D eigenvalue weighted by molar-refractivity contribution is 7.13. The van der Waals surface area contributed by atoms with Gasteiger partial charge in [-0.3, -0.25) is 24.7 Å². The zero-order chi connectivity index (χ0) is 29.2. The molecule has 210 valence electrons. The number of rotatable bonds is 15. The van der Waals surface area contributed by atoms with Gasteiger partial charge in [0.2, 0.25) is 0 Å². The van der Waals surface area contributed by atoms with Gasteiger partial charge in [0.1, 0.15) is 16.5 Å². The number of hydrogen-bond acceptors (Lipinski definition) is 8. The quantitative estimate of drug-likeness (QED) is 0.0925. The lowest BCUT2D eigenvalue weighted by Gasteiger charge is -2.28. The van der Waals surface area contributed by atoms with Gasteiger partial charge in [-0.05, 0) is 61.9 Å². The summed E-state index contributed by atoms with van der Waals surface area (Å²) in [4.78, 5) is 51.7. The first-order valence-corrected chi connectivity index (χ1v) is 13.3. The number of nitrogens with one attached hydrogen (secondary N) is 1. The Kier molecular flexibility index (Phi) is 10.7. The van der Waals surface area contributed by atoms with Crippen molar-refractivity contribution >= 4 is 40.9 Å². The van der Waals surface area contributed by atoms with Gasteiger partial charge in [0.25, 0.3) is 0 Å². The molecule has 3 rings (SSSR count). The van der Waals surface area contributed by atoms with E-state index in [4.69, 9.17) is 21.0 Å². The van der Waals surface area contributed by atoms with Crippen LogP contribution in [0, 0.1) is 11.3 Å². The molecule has 0 amide bonds. The number of thiophene rings is 1. The molecule has 5 N–H and O–H groups in total. The number of carboxylic acid groups (broad SMARTS) is 2. The number of aliphatic carboxylic acids is 2. The molecule has 0 saturated heterocycles. The molecule has 0 aliphatic rings. The monoisotopic (exact) mass is 565 g/mol. The third kappa shape index (κ3) is 8.85. The molecule has 2 atom stereocenters. The maximum atomic E-state index is 13.4. The number of ketones is 1. The van der Waals surface area contributed by atoms with Crippen LogP contribution in [0.4, 0.5) is 0 Å². The normalized spacial score (nSPS) is 12.4. The van der Waals surface area contributed by atoms with Crippen LogP contribution in [0.1, 0.15) is 44.9 Å². The molecule has 10 nitrogen and oxygen atoms in total. The van der Waals surface area contributed by atoms with E-state index in [0.29, 0.717) is 29.2 Å². The van der Waals surface area contributed by atoms with E-state index in [0.717, 1.165) is 10.4 Å². The maximum Gasteiger partial charge on any atom is 0.353 e. The highest BCUT2D eigenvalue weighted by Gasteiger charge is 2.30. The van der Waals surface area contributed by atoms with Crippen molar-refractivity contribution in [2.24, 2.45) is 11.7 Å². The van der Waals surface area contributed by atoms with Gasteiger partial charge in [-0.25, -0.2) is 4.79 Å². The van der Waals surface area contributed by atoms with Crippen molar-refractivity contribution in [1.29, 1.82) is 5.41 Å². The van der Waals surface area contributed by atoms with Gasteiger partial charge in [-0.15, -0.1) is 11.3 Å². The molecule has 0 spiro atoms. The number of ether oxygens (including phenoxy) is 1. The topological polar surface area (TPSA) is 171 Å². The number of amidine groups is 1. The standard InChI is InChI=1S/C29H31N3O7S/c1-32(17-22-12-13-25(40-22)29(38)39-21-10-7-19(8-11-21)27(30)31)23(15-18-5-3-2-4-6-18)24(33)16-20(28(36)37)9-14-26(34)35/h2-8,10-13,20,23H,9,14-17H2,1H3,(H3,30,31)(H,34,35)(H,36,37)/t20-,23+/m1/s1. The highest BCUT2D eigenvalue weighted by atomic mass is 32.1. The molecule has 0 aliphatic heterocycles. The van der Waals surface area contributed by atoms with E-state index in [2.05, 4.69) is 0 Å². The summed E-state index contributed by atoms with van der Waals surface area (Å²) in [5.74, 6) is -4.03. The first kappa shape index (κ1) is 30.2. The molecule has 3 aromatic rings. The molecule has 0 unspecified atom stereocenters. The van der Waals surface area contributed by atoms with Crippen molar-refractivity contribution in [1.82, 2.24) is 4.90 Å². The molecule has 0 radical (unpaired) electrons. The minimum absolute atomic E-state index is 0.0901. The lowest BCUT2D eigenvalue weighted by molar-refractivity contribution is -0.145. The average Bonchev–Trinajstić information content (AvgIpc) is 3.38. The van der Waals surface area contributed by atoms with Gasteiger partial charge in [-0.1, -0.05) is 30.3 Å². The van der Waals surface area contributed by atoms with Crippen LogP contribution in [-0.2, 0) is 27.3 Å². The molecule has 2 aromatic carbocycles. The van der Waals surface area contributed by atoms with Crippen LogP contribution < -0.4 is 10.5 Å². The van der Waals surface area contributed by atoms with E-state index in [9.17, 15) is 24.3 Å². The third-order valence-corrected chi connectivity index (χ3v) is 7.37. The number of likely N-dealkylation sites (N-methyl/N-ethyl adjacent to an activating group) is 1. The van der Waals surface area contributed by atoms with Gasteiger partial charge >= 0.3 is 17.9 Å². The van der Waals surface area contributed by atoms with Crippen molar-refractivity contribution in [3.05, 3.63) is 87.6 Å². The predicted molar refractivity (Wildman–Crippen MR) is 150 cm³/mol. The minimum atomic E-state index is -1.20. The summed E-state index contributed by atoms with van der Waals surface area (Å²) in [5.41, 5.74) is 6.86. The Balaban J connectivity index is 1.71. The zero-order valence-corrected chi connectivity index (χ0v) is 22.7. The number of carbonyl (C=O) groups is 4. The molecular weight excluding hydrogens is 534 g/mol. The number of benzene rings is 2. The number of esters is 1. The van der Waals surface area contributed by atoms with Crippen molar-refractivity contribution in [3.8, 4) is 5.75 Å². The summed E-state index contributed by atoms with van der Waals surface area (Å²) in [6, 6.07) is 18.4. The SMILES string of the molecule is CN(Cc1ccc(C(=O)Oc2ccc(C(=N)N)cc2)s1)[C@@H](Cc1ccccc1)C(=O)C[C@@H](CCC(=O)O)C(=O)O. The van der Waals surface area contributed by atoms with E-state index >= 15 is 0 Å². The van der Waals surface area contributed by atoms with Crippen molar-refractivity contribution in [3.63, 3.8) is 0 Å². The Labute approximate surface area is 235 Å². The van der Waals surface area contributed by atoms with Crippen molar-refractivity contribution < 1.29 is 34.1 Å². The Hall–Kier alpha value is -4.35. The highest BCUT2D eigenvalue weighted by Crippen LogP contribution is 2.24. The van der Waals surface area contributed by atoms with Crippen LogP contribution in [0.25, 0.3) is 0 Å². The second kappa shape index (κ2) is 14.2. The molecular formula is C29H31N3O7S. The maximum absolute atomic E-state index is 13.4. The smallest absolute Gasteiger partial charge is 0.353 e. The summed E-state index contributed by atoms with van der Waals surface area (Å²) in [6.07, 6.45) is -0.405. The zero-order valence-electron chi connectivity index (χ0n) is 21.9. The number of nitrogens with zero attached hydrogens (tertiary/aromatic N) is 1. The second-order valence-corrected chi connectivity index (χ2v) is 10.5. The molecule has 1 aromatic heterocycles. The molecule has 0 saturated carbocycles. The Morgan fingerprint density at radius 1 is 1.00 bits per heavy atom. The predicted octanol–water partition coefficient (Wildman–Crippen LogP) is 3.82. The van der Waals surface area contributed by atoms with Gasteiger partial charge in [0.05, 0.1) is 12.0 Å². The third-order valence-electron chi connectivity index (χ3n) is 6.32. The number of carboxylic acids is 2. The van der Waals surface area contributed by atoms with Crippen LogP contribution in [0.2, 0.25) is 0 Å². The molecule has 0 bridgehead atoms. The van der Waals surface area contributed by atoms with Crippen molar-refractivity contribution in [2.75, 3.05) is 7.05 Å². The van der Waals surface area contributed by atoms with Gasteiger partial charge in [0.15, 0.2) is 5.78 Å². The van der Waals surface area contributed by atoms with Crippen molar-refractivity contribution in [2.45, 2.75) is 38.3 Å². The number of carbonyl (C=O) groups excluding carboxylic acids is 2. The second-order valence-electron chi connectivity index (χ2n) is 9.35. The average molecular weight is 566 g/mol. The van der Waals surface area contributed by atoms with Crippen LogP contribution in [-0.4, -0.2) is 57.7 Å². The lowest BCUT2D eigenvalue weighted by atomic mass is 9.91. The van der Waals surface area contributed by atoms with E-state index in [1.807, 2.05) is 35.2 Å². The minimum Gasteiger partial charge on any atom is -0.481 e. The first-order chi connectivity index (χ1) is 19.0. The largest absolute Gasteiger partial charge is 0.481 e. The number of nitrogen functional groups attached to an aromatic ring is 1. The summed E-state index contributed by atoms with van der Waals surface area (Å²) in [7, 11) is 1.76. The number of hydrogen-bond donors (Lipinski definition) is 4. The van der Waals surface area contributed by atoms with E-state index in [-0.39, 0.29) is 30.9 Å². The molecule has 11 heteroatoms.